The van der Waals surface area contributed by atoms with Crippen molar-refractivity contribution in [1.82, 2.24) is 4.90 Å². The first-order chi connectivity index (χ1) is 10.4. The quantitative estimate of drug-likeness (QED) is 0.878. The summed E-state index contributed by atoms with van der Waals surface area (Å²) in [5.41, 5.74) is -0.150. The number of benzene rings is 1. The Morgan fingerprint density at radius 2 is 2.18 bits per heavy atom. The smallest absolute Gasteiger partial charge is 0.241 e. The number of aliphatic hydroxyl groups excluding tert-OH is 1. The molecule has 0 saturated carbocycles. The number of hydrogen-bond acceptors (Lipinski definition) is 3. The SMILES string of the molecule is CC(O)CC1CCCN1C(C)C(=O)Nc1cc(F)ccc1F. The topological polar surface area (TPSA) is 52.6 Å². The van der Waals surface area contributed by atoms with Crippen LogP contribution in [0, 0.1) is 11.6 Å². The van der Waals surface area contributed by atoms with Gasteiger partial charge in [0, 0.05) is 12.1 Å². The highest BCUT2D eigenvalue weighted by molar-refractivity contribution is 5.94. The van der Waals surface area contributed by atoms with E-state index >= 15 is 0 Å². The third-order valence-corrected chi connectivity index (χ3v) is 4.10. The molecule has 122 valence electrons. The average Bonchev–Trinajstić information content (AvgIpc) is 2.89. The number of nitrogens with zero attached hydrogens (tertiary/aromatic N) is 1. The summed E-state index contributed by atoms with van der Waals surface area (Å²) >= 11 is 0. The Morgan fingerprint density at radius 1 is 1.45 bits per heavy atom. The van der Waals surface area contributed by atoms with Crippen molar-refractivity contribution in [3.8, 4) is 0 Å². The number of nitrogens with one attached hydrogen (secondary N) is 1. The van der Waals surface area contributed by atoms with Crippen molar-refractivity contribution in [1.29, 1.82) is 0 Å². The molecule has 1 fully saturated rings. The molecule has 0 aliphatic carbocycles. The van der Waals surface area contributed by atoms with Gasteiger partial charge in [-0.1, -0.05) is 0 Å². The molecule has 2 rings (SSSR count). The van der Waals surface area contributed by atoms with Gasteiger partial charge in [-0.2, -0.15) is 0 Å². The fraction of sp³-hybridized carbons (Fsp3) is 0.562. The maximum atomic E-state index is 13.6. The van der Waals surface area contributed by atoms with E-state index in [0.29, 0.717) is 6.42 Å². The Labute approximate surface area is 129 Å². The number of aliphatic hydroxyl groups is 1. The second-order valence-electron chi connectivity index (χ2n) is 5.91. The Hall–Kier alpha value is -1.53. The number of hydrogen-bond donors (Lipinski definition) is 2. The summed E-state index contributed by atoms with van der Waals surface area (Å²) < 4.78 is 26.7. The molecule has 0 radical (unpaired) electrons. The average molecular weight is 312 g/mol. The minimum atomic E-state index is -0.663. The molecule has 3 unspecified atom stereocenters. The van der Waals surface area contributed by atoms with E-state index < -0.39 is 23.8 Å². The van der Waals surface area contributed by atoms with Crippen molar-refractivity contribution in [3.63, 3.8) is 0 Å². The third-order valence-electron chi connectivity index (χ3n) is 4.10. The number of carbonyl (C=O) groups excluding carboxylic acids is 1. The van der Waals surface area contributed by atoms with Gasteiger partial charge in [0.2, 0.25) is 5.91 Å². The largest absolute Gasteiger partial charge is 0.393 e. The molecular formula is C16H22F2N2O2. The summed E-state index contributed by atoms with van der Waals surface area (Å²) in [5, 5.41) is 12.0. The highest BCUT2D eigenvalue weighted by Crippen LogP contribution is 2.25. The van der Waals surface area contributed by atoms with Crippen molar-refractivity contribution in [2.24, 2.45) is 0 Å². The Bertz CT molecular complexity index is 537. The zero-order valence-corrected chi connectivity index (χ0v) is 12.9. The number of carbonyl (C=O) groups is 1. The summed E-state index contributed by atoms with van der Waals surface area (Å²) in [5.74, 6) is -1.64. The van der Waals surface area contributed by atoms with E-state index in [9.17, 15) is 18.7 Å². The molecule has 1 amide bonds. The Morgan fingerprint density at radius 3 is 2.86 bits per heavy atom. The first-order valence-corrected chi connectivity index (χ1v) is 7.58. The van der Waals surface area contributed by atoms with E-state index in [0.717, 1.165) is 37.6 Å². The molecule has 1 saturated heterocycles. The van der Waals surface area contributed by atoms with Gasteiger partial charge in [-0.25, -0.2) is 8.78 Å². The lowest BCUT2D eigenvalue weighted by Crippen LogP contribution is -2.45. The Kier molecular flexibility index (Phi) is 5.47. The lowest BCUT2D eigenvalue weighted by atomic mass is 10.1. The summed E-state index contributed by atoms with van der Waals surface area (Å²) in [4.78, 5) is 14.3. The van der Waals surface area contributed by atoms with E-state index in [1.807, 2.05) is 4.90 Å². The van der Waals surface area contributed by atoms with Gasteiger partial charge in [-0.05, 0) is 51.8 Å². The van der Waals surface area contributed by atoms with Crippen molar-refractivity contribution in [3.05, 3.63) is 29.8 Å². The third kappa shape index (κ3) is 4.01. The first kappa shape index (κ1) is 16.8. The number of amides is 1. The number of likely N-dealkylation sites (tertiary alicyclic amines) is 1. The second kappa shape index (κ2) is 7.15. The summed E-state index contributed by atoms with van der Waals surface area (Å²) in [6, 6.07) is 2.64. The monoisotopic (exact) mass is 312 g/mol. The molecule has 3 atom stereocenters. The van der Waals surface area contributed by atoms with Crippen LogP contribution in [0.25, 0.3) is 0 Å². The van der Waals surface area contributed by atoms with Gasteiger partial charge in [0.15, 0.2) is 0 Å². The first-order valence-electron chi connectivity index (χ1n) is 7.58. The van der Waals surface area contributed by atoms with Gasteiger partial charge in [-0.3, -0.25) is 9.69 Å². The molecule has 1 heterocycles. The van der Waals surface area contributed by atoms with Gasteiger partial charge in [0.05, 0.1) is 17.8 Å². The highest BCUT2D eigenvalue weighted by atomic mass is 19.1. The molecule has 6 heteroatoms. The van der Waals surface area contributed by atoms with Crippen LogP contribution in [-0.4, -0.2) is 40.6 Å². The zero-order chi connectivity index (χ0) is 16.3. The molecule has 1 aromatic rings. The molecular weight excluding hydrogens is 290 g/mol. The number of halogens is 2. The van der Waals surface area contributed by atoms with Gasteiger partial charge in [-0.15, -0.1) is 0 Å². The van der Waals surface area contributed by atoms with Crippen LogP contribution in [0.3, 0.4) is 0 Å². The highest BCUT2D eigenvalue weighted by Gasteiger charge is 2.32. The second-order valence-corrected chi connectivity index (χ2v) is 5.91. The molecule has 1 aliphatic rings. The van der Waals surface area contributed by atoms with Crippen LogP contribution < -0.4 is 5.32 Å². The molecule has 22 heavy (non-hydrogen) atoms. The maximum absolute atomic E-state index is 13.6. The van der Waals surface area contributed by atoms with Gasteiger partial charge < -0.3 is 10.4 Å². The summed E-state index contributed by atoms with van der Waals surface area (Å²) in [6.07, 6.45) is 2.06. The van der Waals surface area contributed by atoms with Crippen LogP contribution >= 0.6 is 0 Å². The molecule has 1 aromatic carbocycles. The minimum absolute atomic E-state index is 0.137. The maximum Gasteiger partial charge on any atom is 0.241 e. The lowest BCUT2D eigenvalue weighted by molar-refractivity contribution is -0.121. The molecule has 0 bridgehead atoms. The van der Waals surface area contributed by atoms with Crippen molar-refractivity contribution >= 4 is 11.6 Å². The predicted molar refractivity (Wildman–Crippen MR) is 80.5 cm³/mol. The van der Waals surface area contributed by atoms with E-state index in [2.05, 4.69) is 5.32 Å². The number of rotatable bonds is 5. The fourth-order valence-electron chi connectivity index (χ4n) is 3.00. The van der Waals surface area contributed by atoms with Crippen LogP contribution in [0.4, 0.5) is 14.5 Å². The Balaban J connectivity index is 2.03. The lowest BCUT2D eigenvalue weighted by Gasteiger charge is -2.30. The molecule has 2 N–H and O–H groups in total. The minimum Gasteiger partial charge on any atom is -0.393 e. The van der Waals surface area contributed by atoms with Crippen molar-refractivity contribution < 1.29 is 18.7 Å². The standard InChI is InChI=1S/C16H22F2N2O2/c1-10(21)8-13-4-3-7-20(13)11(2)16(22)19-15-9-12(17)5-6-14(15)18/h5-6,9-11,13,21H,3-4,7-8H2,1-2H3,(H,19,22). The van der Waals surface area contributed by atoms with E-state index in [1.54, 1.807) is 13.8 Å². The fourth-order valence-corrected chi connectivity index (χ4v) is 3.00. The van der Waals surface area contributed by atoms with Crippen LogP contribution in [0.2, 0.25) is 0 Å². The molecule has 0 aromatic heterocycles. The predicted octanol–water partition coefficient (Wildman–Crippen LogP) is 2.53. The van der Waals surface area contributed by atoms with Crippen LogP contribution in [-0.2, 0) is 4.79 Å². The van der Waals surface area contributed by atoms with Crippen LogP contribution in [0.1, 0.15) is 33.1 Å². The van der Waals surface area contributed by atoms with Crippen LogP contribution in [0.5, 0.6) is 0 Å². The van der Waals surface area contributed by atoms with Gasteiger partial charge in [0.1, 0.15) is 11.6 Å². The summed E-state index contributed by atoms with van der Waals surface area (Å²) in [7, 11) is 0. The van der Waals surface area contributed by atoms with Crippen molar-refractivity contribution in [2.45, 2.75) is 51.3 Å². The molecule has 1 aliphatic heterocycles. The van der Waals surface area contributed by atoms with E-state index in [-0.39, 0.29) is 17.6 Å². The molecule has 4 nitrogen and oxygen atoms in total. The van der Waals surface area contributed by atoms with Gasteiger partial charge >= 0.3 is 0 Å². The van der Waals surface area contributed by atoms with Crippen molar-refractivity contribution in [2.75, 3.05) is 11.9 Å². The number of anilines is 1. The molecule has 0 spiro atoms. The normalized spacial score (nSPS) is 21.6. The van der Waals surface area contributed by atoms with Gasteiger partial charge in [0.25, 0.3) is 0 Å². The summed E-state index contributed by atoms with van der Waals surface area (Å²) in [6.45, 7) is 4.23. The zero-order valence-electron chi connectivity index (χ0n) is 12.9. The van der Waals surface area contributed by atoms with Crippen LogP contribution in [0.15, 0.2) is 18.2 Å². The van der Waals surface area contributed by atoms with E-state index in [1.165, 1.54) is 0 Å². The van der Waals surface area contributed by atoms with E-state index in [4.69, 9.17) is 0 Å².